The summed E-state index contributed by atoms with van der Waals surface area (Å²) in [5, 5.41) is 0. The molecule has 0 aliphatic rings. The summed E-state index contributed by atoms with van der Waals surface area (Å²) in [6.07, 6.45) is 1.59. The molecule has 0 heterocycles. The fourth-order valence-corrected chi connectivity index (χ4v) is 4.41. The Morgan fingerprint density at radius 1 is 0.400 bits per heavy atom. The first-order chi connectivity index (χ1) is 19.8. The van der Waals surface area contributed by atoms with E-state index in [1.165, 1.54) is 0 Å². The van der Waals surface area contributed by atoms with E-state index in [1.807, 2.05) is 121 Å². The van der Waals surface area contributed by atoms with E-state index in [0.717, 1.165) is 22.3 Å². The zero-order chi connectivity index (χ0) is 27.8. The van der Waals surface area contributed by atoms with Gasteiger partial charge < -0.3 is 18.9 Å². The summed E-state index contributed by atoms with van der Waals surface area (Å²) in [7, 11) is 0. The quantitative estimate of drug-likeness (QED) is 0.130. The van der Waals surface area contributed by atoms with Gasteiger partial charge in [0.15, 0.2) is 0 Å². The maximum absolute atomic E-state index is 6.61. The summed E-state index contributed by atoms with van der Waals surface area (Å²) in [6.45, 7) is 9.81. The Morgan fingerprint density at radius 3 is 0.900 bits per heavy atom. The van der Waals surface area contributed by atoms with Crippen molar-refractivity contribution in [1.29, 1.82) is 0 Å². The van der Waals surface area contributed by atoms with Crippen LogP contribution >= 0.6 is 0 Å². The van der Waals surface area contributed by atoms with Gasteiger partial charge in [0.2, 0.25) is 0 Å². The molecule has 0 saturated carbocycles. The molecule has 0 radical (unpaired) electrons. The summed E-state index contributed by atoms with van der Waals surface area (Å²) >= 11 is 0. The maximum Gasteiger partial charge on any atom is 0.117 e. The topological polar surface area (TPSA) is 36.9 Å². The van der Waals surface area contributed by atoms with Crippen LogP contribution in [0.1, 0.15) is 22.3 Å². The molecule has 0 aromatic heterocycles. The van der Waals surface area contributed by atoms with Crippen LogP contribution in [0.3, 0.4) is 0 Å². The second-order valence-corrected chi connectivity index (χ2v) is 9.52. The van der Waals surface area contributed by atoms with Crippen molar-refractivity contribution in [2.75, 3.05) is 0 Å². The van der Waals surface area contributed by atoms with E-state index in [2.05, 4.69) is 13.2 Å². The van der Waals surface area contributed by atoms with Crippen LogP contribution in [0.2, 0.25) is 0 Å². The molecule has 0 fully saturated rings. The van der Waals surface area contributed by atoms with Crippen LogP contribution < -0.4 is 0 Å². The van der Waals surface area contributed by atoms with Crippen molar-refractivity contribution in [3.05, 3.63) is 169 Å². The van der Waals surface area contributed by atoms with Crippen LogP contribution in [0, 0.1) is 0 Å². The van der Waals surface area contributed by atoms with Crippen molar-refractivity contribution in [2.24, 2.45) is 0 Å². The van der Waals surface area contributed by atoms with Crippen molar-refractivity contribution < 1.29 is 18.9 Å². The van der Waals surface area contributed by atoms with E-state index in [9.17, 15) is 0 Å². The zero-order valence-electron chi connectivity index (χ0n) is 22.9. The molecule has 40 heavy (non-hydrogen) atoms. The van der Waals surface area contributed by atoms with Crippen molar-refractivity contribution >= 4 is 0 Å². The van der Waals surface area contributed by atoms with E-state index in [4.69, 9.17) is 18.9 Å². The molecule has 0 aliphatic heterocycles. The Balaban J connectivity index is 1.60. The molecule has 4 nitrogen and oxygen atoms in total. The fraction of sp³-hybridized carbons (Fsp3) is 0.222. The van der Waals surface area contributed by atoms with Gasteiger partial charge in [-0.2, -0.15) is 0 Å². The number of hydrogen-bond acceptors (Lipinski definition) is 4. The highest BCUT2D eigenvalue weighted by Crippen LogP contribution is 2.24. The predicted octanol–water partition coefficient (Wildman–Crippen LogP) is 7.70. The minimum Gasteiger partial charge on any atom is -0.368 e. The largest absolute Gasteiger partial charge is 0.368 e. The zero-order valence-corrected chi connectivity index (χ0v) is 22.9. The molecular weight excluding hydrogens is 496 g/mol. The first-order valence-corrected chi connectivity index (χ1v) is 13.6. The van der Waals surface area contributed by atoms with Gasteiger partial charge in [0, 0.05) is 0 Å². The van der Waals surface area contributed by atoms with Crippen LogP contribution in [0.25, 0.3) is 0 Å². The summed E-state index contributed by atoms with van der Waals surface area (Å²) in [4.78, 5) is 0. The van der Waals surface area contributed by atoms with Gasteiger partial charge in [0.1, 0.15) is 24.4 Å². The molecule has 4 rings (SSSR count). The highest BCUT2D eigenvalue weighted by Gasteiger charge is 2.36. The third kappa shape index (κ3) is 9.15. The lowest BCUT2D eigenvalue weighted by Gasteiger charge is -2.36. The van der Waals surface area contributed by atoms with Crippen LogP contribution in [-0.2, 0) is 45.4 Å². The normalized spacial score (nSPS) is 14.1. The van der Waals surface area contributed by atoms with Crippen molar-refractivity contribution in [3.63, 3.8) is 0 Å². The van der Waals surface area contributed by atoms with E-state index < -0.39 is 24.4 Å². The molecular formula is C36H38O4. The average molecular weight is 535 g/mol. The second kappa shape index (κ2) is 16.3. The van der Waals surface area contributed by atoms with Gasteiger partial charge in [-0.05, 0) is 22.3 Å². The first-order valence-electron chi connectivity index (χ1n) is 13.6. The van der Waals surface area contributed by atoms with Crippen molar-refractivity contribution in [3.8, 4) is 0 Å². The number of benzene rings is 4. The van der Waals surface area contributed by atoms with Gasteiger partial charge in [-0.15, -0.1) is 13.2 Å². The van der Waals surface area contributed by atoms with Crippen molar-refractivity contribution in [1.82, 2.24) is 0 Å². The maximum atomic E-state index is 6.61. The fourth-order valence-electron chi connectivity index (χ4n) is 4.41. The number of rotatable bonds is 17. The van der Waals surface area contributed by atoms with Crippen molar-refractivity contribution in [2.45, 2.75) is 50.8 Å². The molecule has 0 N–H and O–H groups in total. The molecule has 0 aliphatic carbocycles. The van der Waals surface area contributed by atoms with Gasteiger partial charge >= 0.3 is 0 Å². The molecule has 4 aromatic carbocycles. The average Bonchev–Trinajstić information content (AvgIpc) is 3.02. The molecule has 4 atom stereocenters. The van der Waals surface area contributed by atoms with Gasteiger partial charge in [-0.1, -0.05) is 133 Å². The lowest BCUT2D eigenvalue weighted by Crippen LogP contribution is -2.48. The molecule has 0 spiro atoms. The molecule has 0 amide bonds. The SMILES string of the molecule is C=C[C@H](OCc1ccccc1)[C@H](OCc1ccccc1)[C@@H](OCc1ccccc1)[C@@H](C=C)OCc1ccccc1. The summed E-state index contributed by atoms with van der Waals surface area (Å²) < 4.78 is 26.0. The Bertz CT molecular complexity index is 1140. The highest BCUT2D eigenvalue weighted by atomic mass is 16.6. The Hall–Kier alpha value is -3.80. The standard InChI is InChI=1S/C36H38O4/c1-3-33(37-25-29-17-9-5-10-18-29)35(39-27-31-21-13-7-14-22-31)36(40-28-32-23-15-8-16-24-32)34(4-2)38-26-30-19-11-6-12-20-30/h3-24,33-36H,1-2,25-28H2/t33-,34+,35-,36-/m0/s1. The third-order valence-electron chi connectivity index (χ3n) is 6.58. The predicted molar refractivity (Wildman–Crippen MR) is 160 cm³/mol. The molecule has 206 valence electrons. The Kier molecular flexibility index (Phi) is 11.9. The van der Waals surface area contributed by atoms with E-state index >= 15 is 0 Å². The minimum atomic E-state index is -0.524. The molecule has 0 unspecified atom stereocenters. The van der Waals surface area contributed by atoms with E-state index in [0.29, 0.717) is 26.4 Å². The van der Waals surface area contributed by atoms with Crippen LogP contribution in [0.15, 0.2) is 147 Å². The third-order valence-corrected chi connectivity index (χ3v) is 6.58. The summed E-state index contributed by atoms with van der Waals surface area (Å²) in [5.74, 6) is 0. The van der Waals surface area contributed by atoms with Crippen LogP contribution in [-0.4, -0.2) is 24.4 Å². The highest BCUT2D eigenvalue weighted by molar-refractivity contribution is 5.17. The summed E-state index contributed by atoms with van der Waals surface area (Å²) in [6, 6.07) is 40.3. The van der Waals surface area contributed by atoms with Crippen LogP contribution in [0.4, 0.5) is 0 Å². The molecule has 4 aromatic rings. The lowest BCUT2D eigenvalue weighted by atomic mass is 10.0. The smallest absolute Gasteiger partial charge is 0.117 e. The monoisotopic (exact) mass is 534 g/mol. The molecule has 0 bridgehead atoms. The van der Waals surface area contributed by atoms with Gasteiger partial charge in [-0.3, -0.25) is 0 Å². The lowest BCUT2D eigenvalue weighted by molar-refractivity contribution is -0.172. The minimum absolute atomic E-state index is 0.387. The number of hydrogen-bond donors (Lipinski definition) is 0. The second-order valence-electron chi connectivity index (χ2n) is 9.52. The van der Waals surface area contributed by atoms with Gasteiger partial charge in [0.05, 0.1) is 26.4 Å². The van der Waals surface area contributed by atoms with E-state index in [1.54, 1.807) is 12.2 Å². The van der Waals surface area contributed by atoms with Gasteiger partial charge in [0.25, 0.3) is 0 Å². The molecule has 4 heteroatoms. The van der Waals surface area contributed by atoms with Gasteiger partial charge in [-0.25, -0.2) is 0 Å². The Labute approximate surface area is 238 Å². The first kappa shape index (κ1) is 29.2. The summed E-state index contributed by atoms with van der Waals surface area (Å²) in [5.41, 5.74) is 4.25. The number of ether oxygens (including phenoxy) is 4. The van der Waals surface area contributed by atoms with Crippen LogP contribution in [0.5, 0.6) is 0 Å². The molecule has 0 saturated heterocycles. The van der Waals surface area contributed by atoms with E-state index in [-0.39, 0.29) is 0 Å². The Morgan fingerprint density at radius 2 is 0.650 bits per heavy atom.